The van der Waals surface area contributed by atoms with E-state index in [0.717, 1.165) is 0 Å². The second-order valence-electron chi connectivity index (χ2n) is 4.06. The number of nitrogens with one attached hydrogen (secondary N) is 1. The normalized spacial score (nSPS) is 13.4. The summed E-state index contributed by atoms with van der Waals surface area (Å²) in [5.41, 5.74) is 4.76. The second kappa shape index (κ2) is 4.95. The molecule has 5 nitrogen and oxygen atoms in total. The van der Waals surface area contributed by atoms with E-state index in [1.165, 1.54) is 0 Å². The zero-order chi connectivity index (χ0) is 11.4. The Morgan fingerprint density at radius 1 is 1.50 bits per heavy atom. The Balaban J connectivity index is 4.12. The Hall–Kier alpha value is -1.10. The summed E-state index contributed by atoms with van der Waals surface area (Å²) in [4.78, 5) is 21.8. The van der Waals surface area contributed by atoms with E-state index < -0.39 is 11.4 Å². The van der Waals surface area contributed by atoms with Crippen molar-refractivity contribution in [3.63, 3.8) is 0 Å². The maximum atomic E-state index is 11.5. The fourth-order valence-corrected chi connectivity index (χ4v) is 0.825. The van der Waals surface area contributed by atoms with Crippen molar-refractivity contribution in [1.82, 2.24) is 5.32 Å². The number of carboxylic acid groups (broad SMARTS) is 1. The van der Waals surface area contributed by atoms with Gasteiger partial charge in [0.25, 0.3) is 0 Å². The lowest BCUT2D eigenvalue weighted by Gasteiger charge is -2.23. The number of carbonyl (C=O) groups is 2. The van der Waals surface area contributed by atoms with Gasteiger partial charge >= 0.3 is 5.97 Å². The van der Waals surface area contributed by atoms with Crippen LogP contribution in [0.15, 0.2) is 0 Å². The Labute approximate surface area is 83.7 Å². The Morgan fingerprint density at radius 2 is 2.00 bits per heavy atom. The van der Waals surface area contributed by atoms with Crippen molar-refractivity contribution in [3.05, 3.63) is 0 Å². The van der Waals surface area contributed by atoms with Crippen LogP contribution < -0.4 is 11.1 Å². The van der Waals surface area contributed by atoms with Crippen LogP contribution in [-0.4, -0.2) is 29.6 Å². The number of hydrogen-bond acceptors (Lipinski definition) is 3. The SMILES string of the molecule is CC(CC(=O)O)NC(=O)C(C)(C)CN. The van der Waals surface area contributed by atoms with E-state index in [1.807, 2.05) is 0 Å². The zero-order valence-electron chi connectivity index (χ0n) is 8.83. The highest BCUT2D eigenvalue weighted by Gasteiger charge is 2.26. The van der Waals surface area contributed by atoms with Crippen molar-refractivity contribution >= 4 is 11.9 Å². The third kappa shape index (κ3) is 4.23. The summed E-state index contributed by atoms with van der Waals surface area (Å²) in [6, 6.07) is -0.370. The predicted octanol–water partition coefficient (Wildman–Crippen LogP) is -0.0493. The smallest absolute Gasteiger partial charge is 0.305 e. The van der Waals surface area contributed by atoms with Crippen LogP contribution in [0.1, 0.15) is 27.2 Å². The first-order chi connectivity index (χ1) is 6.29. The van der Waals surface area contributed by atoms with E-state index in [1.54, 1.807) is 20.8 Å². The van der Waals surface area contributed by atoms with Gasteiger partial charge in [0.2, 0.25) is 5.91 Å². The molecule has 0 aromatic heterocycles. The van der Waals surface area contributed by atoms with Crippen molar-refractivity contribution in [2.45, 2.75) is 33.2 Å². The minimum atomic E-state index is -0.927. The van der Waals surface area contributed by atoms with Gasteiger partial charge in [-0.2, -0.15) is 0 Å². The van der Waals surface area contributed by atoms with Gasteiger partial charge in [-0.05, 0) is 20.8 Å². The van der Waals surface area contributed by atoms with E-state index in [-0.39, 0.29) is 24.9 Å². The van der Waals surface area contributed by atoms with Gasteiger partial charge in [0, 0.05) is 12.6 Å². The molecule has 1 atom stereocenters. The van der Waals surface area contributed by atoms with Crippen molar-refractivity contribution in [2.24, 2.45) is 11.1 Å². The van der Waals surface area contributed by atoms with Crippen LogP contribution in [0, 0.1) is 5.41 Å². The number of amides is 1. The Kier molecular flexibility index (Phi) is 4.56. The maximum Gasteiger partial charge on any atom is 0.305 e. The molecular weight excluding hydrogens is 184 g/mol. The van der Waals surface area contributed by atoms with Crippen molar-refractivity contribution < 1.29 is 14.7 Å². The van der Waals surface area contributed by atoms with Crippen LogP contribution in [0.5, 0.6) is 0 Å². The predicted molar refractivity (Wildman–Crippen MR) is 52.7 cm³/mol. The maximum absolute atomic E-state index is 11.5. The minimum absolute atomic E-state index is 0.0770. The van der Waals surface area contributed by atoms with Crippen molar-refractivity contribution in [3.8, 4) is 0 Å². The summed E-state index contributed by atoms with van der Waals surface area (Å²) in [6.07, 6.45) is -0.0770. The number of rotatable bonds is 5. The first-order valence-electron chi connectivity index (χ1n) is 4.52. The molecule has 4 N–H and O–H groups in total. The summed E-state index contributed by atoms with van der Waals surface area (Å²) >= 11 is 0. The van der Waals surface area contributed by atoms with Crippen LogP contribution in [-0.2, 0) is 9.59 Å². The van der Waals surface area contributed by atoms with Gasteiger partial charge in [-0.25, -0.2) is 0 Å². The van der Waals surface area contributed by atoms with E-state index in [2.05, 4.69) is 5.32 Å². The van der Waals surface area contributed by atoms with Gasteiger partial charge in [-0.15, -0.1) is 0 Å². The number of aliphatic carboxylic acids is 1. The van der Waals surface area contributed by atoms with Gasteiger partial charge in [0.05, 0.1) is 11.8 Å². The quantitative estimate of drug-likeness (QED) is 0.582. The molecule has 14 heavy (non-hydrogen) atoms. The Morgan fingerprint density at radius 3 is 2.36 bits per heavy atom. The molecule has 1 amide bonds. The number of carboxylic acids is 1. The molecule has 0 aliphatic carbocycles. The first-order valence-corrected chi connectivity index (χ1v) is 4.52. The highest BCUT2D eigenvalue weighted by Crippen LogP contribution is 2.12. The molecule has 0 fully saturated rings. The summed E-state index contributed by atoms with van der Waals surface area (Å²) < 4.78 is 0. The number of hydrogen-bond donors (Lipinski definition) is 3. The van der Waals surface area contributed by atoms with Crippen LogP contribution in [0.4, 0.5) is 0 Å². The van der Waals surface area contributed by atoms with Gasteiger partial charge in [0.1, 0.15) is 0 Å². The molecule has 0 rings (SSSR count). The van der Waals surface area contributed by atoms with E-state index in [4.69, 9.17) is 10.8 Å². The van der Waals surface area contributed by atoms with Crippen LogP contribution in [0.2, 0.25) is 0 Å². The molecule has 0 bridgehead atoms. The largest absolute Gasteiger partial charge is 0.481 e. The van der Waals surface area contributed by atoms with Gasteiger partial charge in [-0.3, -0.25) is 9.59 Å². The molecule has 0 radical (unpaired) electrons. The van der Waals surface area contributed by atoms with Crippen molar-refractivity contribution in [1.29, 1.82) is 0 Å². The van der Waals surface area contributed by atoms with E-state index in [9.17, 15) is 9.59 Å². The molecule has 0 heterocycles. The number of nitrogens with two attached hydrogens (primary N) is 1. The number of carbonyl (C=O) groups excluding carboxylic acids is 1. The van der Waals surface area contributed by atoms with Gasteiger partial charge in [-0.1, -0.05) is 0 Å². The molecule has 0 spiro atoms. The van der Waals surface area contributed by atoms with Crippen molar-refractivity contribution in [2.75, 3.05) is 6.54 Å². The molecule has 5 heteroatoms. The highest BCUT2D eigenvalue weighted by atomic mass is 16.4. The van der Waals surface area contributed by atoms with E-state index >= 15 is 0 Å². The van der Waals surface area contributed by atoms with Crippen LogP contribution >= 0.6 is 0 Å². The molecule has 0 aliphatic heterocycles. The summed E-state index contributed by atoms with van der Waals surface area (Å²) in [5.74, 6) is -1.14. The lowest BCUT2D eigenvalue weighted by molar-refractivity contribution is -0.138. The molecule has 82 valence electrons. The second-order valence-corrected chi connectivity index (χ2v) is 4.06. The third-order valence-corrected chi connectivity index (χ3v) is 1.98. The molecule has 0 saturated carbocycles. The lowest BCUT2D eigenvalue weighted by atomic mass is 9.92. The zero-order valence-corrected chi connectivity index (χ0v) is 8.83. The molecule has 0 aromatic rings. The minimum Gasteiger partial charge on any atom is -0.481 e. The Bertz CT molecular complexity index is 226. The summed E-state index contributed by atoms with van der Waals surface area (Å²) in [5, 5.41) is 11.1. The fourth-order valence-electron chi connectivity index (χ4n) is 0.825. The summed E-state index contributed by atoms with van der Waals surface area (Å²) in [6.45, 7) is 5.32. The van der Waals surface area contributed by atoms with Gasteiger partial charge in [0.15, 0.2) is 0 Å². The topological polar surface area (TPSA) is 92.4 Å². The molecule has 0 saturated heterocycles. The molecule has 0 aliphatic rings. The fraction of sp³-hybridized carbons (Fsp3) is 0.778. The monoisotopic (exact) mass is 202 g/mol. The molecule has 0 aromatic carbocycles. The first kappa shape index (κ1) is 12.9. The molecular formula is C9H18N2O3. The van der Waals surface area contributed by atoms with Crippen LogP contribution in [0.3, 0.4) is 0 Å². The van der Waals surface area contributed by atoms with Gasteiger partial charge < -0.3 is 16.2 Å². The third-order valence-electron chi connectivity index (χ3n) is 1.98. The average molecular weight is 202 g/mol. The van der Waals surface area contributed by atoms with E-state index in [0.29, 0.717) is 0 Å². The van der Waals surface area contributed by atoms with Crippen LogP contribution in [0.25, 0.3) is 0 Å². The highest BCUT2D eigenvalue weighted by molar-refractivity contribution is 5.82. The summed E-state index contributed by atoms with van der Waals surface area (Å²) in [7, 11) is 0. The molecule has 1 unspecified atom stereocenters. The average Bonchev–Trinajstić information content (AvgIpc) is 2.02. The standard InChI is InChI=1S/C9H18N2O3/c1-6(4-7(12)13)11-8(14)9(2,3)5-10/h6H,4-5,10H2,1-3H3,(H,11,14)(H,12,13). The lowest BCUT2D eigenvalue weighted by Crippen LogP contribution is -2.45.